The molecule has 28 heavy (non-hydrogen) atoms. The summed E-state index contributed by atoms with van der Waals surface area (Å²) in [6.07, 6.45) is 0.704. The molecule has 0 unspecified atom stereocenters. The van der Waals surface area contributed by atoms with E-state index in [4.69, 9.17) is 0 Å². The van der Waals surface area contributed by atoms with E-state index in [1.165, 1.54) is 10.3 Å². The molecule has 1 aliphatic heterocycles. The third-order valence-corrected chi connectivity index (χ3v) is 4.97. The second-order valence-corrected chi connectivity index (χ2v) is 6.87. The number of nitrogens with zero attached hydrogens (tertiary/aromatic N) is 1. The Labute approximate surface area is 163 Å². The molecule has 0 bridgehead atoms. The fourth-order valence-electron chi connectivity index (χ4n) is 3.48. The van der Waals surface area contributed by atoms with Gasteiger partial charge in [0, 0.05) is 19.5 Å². The number of amides is 3. The van der Waals surface area contributed by atoms with E-state index in [1.807, 2.05) is 30.3 Å². The highest BCUT2D eigenvalue weighted by atomic mass is 16.2. The van der Waals surface area contributed by atoms with Crippen molar-refractivity contribution in [1.82, 2.24) is 10.2 Å². The number of hydrogen-bond acceptors (Lipinski definition) is 3. The number of fused-ring (bicyclic) bond motifs is 2. The molecule has 1 aliphatic rings. The van der Waals surface area contributed by atoms with Crippen molar-refractivity contribution in [2.24, 2.45) is 0 Å². The lowest BCUT2D eigenvalue weighted by atomic mass is 10.1. The summed E-state index contributed by atoms with van der Waals surface area (Å²) in [5, 5.41) is 5.21. The SMILES string of the molecule is O=C(CCCN1C(=O)c2ccccc2C1=O)NCc1ccc2ccccc2c1. The third-order valence-electron chi connectivity index (χ3n) is 4.97. The lowest BCUT2D eigenvalue weighted by molar-refractivity contribution is -0.121. The first-order valence-electron chi connectivity index (χ1n) is 9.33. The molecule has 0 atom stereocenters. The summed E-state index contributed by atoms with van der Waals surface area (Å²) in [4.78, 5) is 38.0. The summed E-state index contributed by atoms with van der Waals surface area (Å²) in [6.45, 7) is 0.701. The van der Waals surface area contributed by atoms with Crippen molar-refractivity contribution >= 4 is 28.5 Å². The highest BCUT2D eigenvalue weighted by Crippen LogP contribution is 2.22. The predicted molar refractivity (Wildman–Crippen MR) is 107 cm³/mol. The maximum atomic E-state index is 12.3. The van der Waals surface area contributed by atoms with E-state index < -0.39 is 0 Å². The molecule has 0 aromatic heterocycles. The van der Waals surface area contributed by atoms with Gasteiger partial charge in [0.2, 0.25) is 5.91 Å². The lowest BCUT2D eigenvalue weighted by Gasteiger charge is -2.13. The van der Waals surface area contributed by atoms with E-state index in [0.717, 1.165) is 10.9 Å². The summed E-state index contributed by atoms with van der Waals surface area (Å²) in [5.41, 5.74) is 1.91. The number of carbonyl (C=O) groups excluding carboxylic acids is 3. The molecule has 5 nitrogen and oxygen atoms in total. The van der Waals surface area contributed by atoms with Gasteiger partial charge in [-0.05, 0) is 41.0 Å². The van der Waals surface area contributed by atoms with Crippen molar-refractivity contribution in [2.45, 2.75) is 19.4 Å². The minimum atomic E-state index is -0.280. The fraction of sp³-hybridized carbons (Fsp3) is 0.174. The van der Waals surface area contributed by atoms with E-state index >= 15 is 0 Å². The molecule has 0 aliphatic carbocycles. The quantitative estimate of drug-likeness (QED) is 0.673. The summed E-state index contributed by atoms with van der Waals surface area (Å²) in [7, 11) is 0. The van der Waals surface area contributed by atoms with Crippen molar-refractivity contribution in [2.75, 3.05) is 6.54 Å². The van der Waals surface area contributed by atoms with Gasteiger partial charge in [0.05, 0.1) is 11.1 Å². The Balaban J connectivity index is 1.27. The van der Waals surface area contributed by atoms with E-state index in [-0.39, 0.29) is 30.7 Å². The van der Waals surface area contributed by atoms with Crippen LogP contribution in [0.3, 0.4) is 0 Å². The molecule has 4 rings (SSSR count). The van der Waals surface area contributed by atoms with Gasteiger partial charge in [0.15, 0.2) is 0 Å². The molecule has 5 heteroatoms. The molecule has 0 saturated carbocycles. The third kappa shape index (κ3) is 3.51. The van der Waals surface area contributed by atoms with Crippen molar-refractivity contribution in [3.8, 4) is 0 Å². The first-order chi connectivity index (χ1) is 13.6. The topological polar surface area (TPSA) is 66.5 Å². The first-order valence-corrected chi connectivity index (χ1v) is 9.33. The van der Waals surface area contributed by atoms with Crippen molar-refractivity contribution in [3.63, 3.8) is 0 Å². The number of carbonyl (C=O) groups is 3. The van der Waals surface area contributed by atoms with E-state index in [1.54, 1.807) is 24.3 Å². The molecule has 1 N–H and O–H groups in total. The maximum Gasteiger partial charge on any atom is 0.261 e. The molecule has 3 aromatic carbocycles. The molecule has 0 spiro atoms. The lowest BCUT2D eigenvalue weighted by Crippen LogP contribution is -2.32. The van der Waals surface area contributed by atoms with E-state index in [2.05, 4.69) is 17.4 Å². The summed E-state index contributed by atoms with van der Waals surface area (Å²) < 4.78 is 0. The van der Waals surface area contributed by atoms with Crippen LogP contribution in [0.25, 0.3) is 10.8 Å². The van der Waals surface area contributed by atoms with Crippen LogP contribution in [0.5, 0.6) is 0 Å². The van der Waals surface area contributed by atoms with Crippen LogP contribution in [-0.4, -0.2) is 29.2 Å². The molecule has 140 valence electrons. The summed E-state index contributed by atoms with van der Waals surface area (Å²) in [5.74, 6) is -0.654. The van der Waals surface area contributed by atoms with Gasteiger partial charge in [0.25, 0.3) is 11.8 Å². The van der Waals surface area contributed by atoms with Gasteiger partial charge in [-0.25, -0.2) is 0 Å². The molecule has 1 heterocycles. The van der Waals surface area contributed by atoms with Crippen LogP contribution in [0.15, 0.2) is 66.7 Å². The predicted octanol–water partition coefficient (Wildman–Crippen LogP) is 3.53. The van der Waals surface area contributed by atoms with Crippen LogP contribution in [-0.2, 0) is 11.3 Å². The summed E-state index contributed by atoms with van der Waals surface area (Å²) in [6, 6.07) is 21.0. The molecule has 0 fully saturated rings. The van der Waals surface area contributed by atoms with Crippen molar-refractivity contribution in [3.05, 3.63) is 83.4 Å². The van der Waals surface area contributed by atoms with Gasteiger partial charge in [0.1, 0.15) is 0 Å². The molecular weight excluding hydrogens is 352 g/mol. The van der Waals surface area contributed by atoms with Crippen LogP contribution in [0, 0.1) is 0 Å². The Bertz CT molecular complexity index is 1040. The van der Waals surface area contributed by atoms with Crippen LogP contribution < -0.4 is 5.32 Å². The van der Waals surface area contributed by atoms with Crippen LogP contribution in [0.1, 0.15) is 39.1 Å². The zero-order chi connectivity index (χ0) is 19.5. The van der Waals surface area contributed by atoms with Gasteiger partial charge in [-0.15, -0.1) is 0 Å². The molecule has 0 radical (unpaired) electrons. The Kier molecular flexibility index (Phi) is 4.89. The number of nitrogens with one attached hydrogen (secondary N) is 1. The maximum absolute atomic E-state index is 12.3. The van der Waals surface area contributed by atoms with Gasteiger partial charge in [-0.1, -0.05) is 48.5 Å². The minimum Gasteiger partial charge on any atom is -0.352 e. The zero-order valence-electron chi connectivity index (χ0n) is 15.4. The smallest absolute Gasteiger partial charge is 0.261 e. The van der Waals surface area contributed by atoms with Gasteiger partial charge in [-0.3, -0.25) is 19.3 Å². The Morgan fingerprint density at radius 3 is 2.18 bits per heavy atom. The van der Waals surface area contributed by atoms with Crippen LogP contribution >= 0.6 is 0 Å². The average molecular weight is 372 g/mol. The summed E-state index contributed by atoms with van der Waals surface area (Å²) >= 11 is 0. The minimum absolute atomic E-state index is 0.0928. The van der Waals surface area contributed by atoms with Gasteiger partial charge >= 0.3 is 0 Å². The highest BCUT2D eigenvalue weighted by molar-refractivity contribution is 6.21. The second-order valence-electron chi connectivity index (χ2n) is 6.87. The normalized spacial score (nSPS) is 13.1. The number of imide groups is 1. The largest absolute Gasteiger partial charge is 0.352 e. The van der Waals surface area contributed by atoms with E-state index in [0.29, 0.717) is 24.1 Å². The Morgan fingerprint density at radius 1 is 0.821 bits per heavy atom. The Hall–Kier alpha value is -3.47. The molecule has 3 aromatic rings. The Morgan fingerprint density at radius 2 is 1.46 bits per heavy atom. The highest BCUT2D eigenvalue weighted by Gasteiger charge is 2.34. The van der Waals surface area contributed by atoms with Crippen LogP contribution in [0.4, 0.5) is 0 Å². The molecule has 3 amide bonds. The molecule has 0 saturated heterocycles. The van der Waals surface area contributed by atoms with Crippen LogP contribution in [0.2, 0.25) is 0 Å². The monoisotopic (exact) mass is 372 g/mol. The average Bonchev–Trinajstić information content (AvgIpc) is 2.97. The van der Waals surface area contributed by atoms with Crippen molar-refractivity contribution in [1.29, 1.82) is 0 Å². The number of rotatable bonds is 6. The van der Waals surface area contributed by atoms with Crippen molar-refractivity contribution < 1.29 is 14.4 Å². The van der Waals surface area contributed by atoms with E-state index in [9.17, 15) is 14.4 Å². The standard InChI is InChI=1S/C23H20N2O3/c26-21(24-15-16-11-12-17-6-1-2-7-18(17)14-16)10-5-13-25-22(27)19-8-3-4-9-20(19)23(25)28/h1-4,6-9,11-12,14H,5,10,13,15H2,(H,24,26). The van der Waals surface area contributed by atoms with Gasteiger partial charge < -0.3 is 5.32 Å². The first kappa shape index (κ1) is 17.9. The second kappa shape index (κ2) is 7.64. The fourth-order valence-corrected chi connectivity index (χ4v) is 3.48. The number of benzene rings is 3. The molecular formula is C23H20N2O3. The zero-order valence-corrected chi connectivity index (χ0v) is 15.4. The van der Waals surface area contributed by atoms with Gasteiger partial charge in [-0.2, -0.15) is 0 Å². The number of hydrogen-bond donors (Lipinski definition) is 1.